The van der Waals surface area contributed by atoms with Gasteiger partial charge in [-0.25, -0.2) is 0 Å². The van der Waals surface area contributed by atoms with E-state index in [4.69, 9.17) is 40.1 Å². The second kappa shape index (κ2) is 6.16. The van der Waals surface area contributed by atoms with E-state index in [1.807, 2.05) is 0 Å². The molecule has 0 aliphatic carbocycles. The zero-order chi connectivity index (χ0) is 13.8. The molecule has 2 rings (SSSR count). The first-order valence-corrected chi connectivity index (χ1v) is 6.61. The molecule has 5 heteroatoms. The van der Waals surface area contributed by atoms with E-state index < -0.39 is 0 Å². The molecule has 0 atom stereocenters. The lowest BCUT2D eigenvalue weighted by molar-refractivity contribution is 1.15. The molecule has 0 bridgehead atoms. The Hall–Kier alpha value is -1.40. The van der Waals surface area contributed by atoms with Gasteiger partial charge in [0.15, 0.2) is 0 Å². The van der Waals surface area contributed by atoms with Crippen molar-refractivity contribution >= 4 is 40.5 Å². The Morgan fingerprint density at radius 2 is 1.68 bits per heavy atom. The van der Waals surface area contributed by atoms with E-state index >= 15 is 0 Å². The highest BCUT2D eigenvalue weighted by atomic mass is 35.5. The largest absolute Gasteiger partial charge is 0.380 e. The van der Waals surface area contributed by atoms with Crippen LogP contribution in [0.5, 0.6) is 0 Å². The van der Waals surface area contributed by atoms with E-state index in [2.05, 4.69) is 11.4 Å². The number of nitrogens with one attached hydrogen (secondary N) is 1. The van der Waals surface area contributed by atoms with E-state index in [9.17, 15) is 0 Å². The van der Waals surface area contributed by atoms with Gasteiger partial charge in [0, 0.05) is 22.2 Å². The van der Waals surface area contributed by atoms with Gasteiger partial charge in [-0.3, -0.25) is 0 Å². The maximum atomic E-state index is 8.86. The number of rotatable bonds is 3. The van der Waals surface area contributed by atoms with Crippen molar-refractivity contribution in [3.63, 3.8) is 0 Å². The second-order valence-corrected chi connectivity index (χ2v) is 5.08. The average Bonchev–Trinajstić information content (AvgIpc) is 2.40. The first-order chi connectivity index (χ1) is 9.11. The number of halogens is 3. The van der Waals surface area contributed by atoms with Gasteiger partial charge in [0.05, 0.1) is 22.3 Å². The zero-order valence-electron chi connectivity index (χ0n) is 9.75. The van der Waals surface area contributed by atoms with Crippen LogP contribution in [0.3, 0.4) is 0 Å². The van der Waals surface area contributed by atoms with Crippen LogP contribution < -0.4 is 5.32 Å². The average molecular weight is 312 g/mol. The van der Waals surface area contributed by atoms with Crippen LogP contribution in [0.4, 0.5) is 5.69 Å². The highest BCUT2D eigenvalue weighted by Gasteiger charge is 2.07. The van der Waals surface area contributed by atoms with Crippen LogP contribution in [0.25, 0.3) is 0 Å². The molecule has 2 aromatic carbocycles. The first kappa shape index (κ1) is 14.0. The van der Waals surface area contributed by atoms with Crippen molar-refractivity contribution in [1.82, 2.24) is 0 Å². The van der Waals surface area contributed by atoms with Gasteiger partial charge in [0.25, 0.3) is 0 Å². The Morgan fingerprint density at radius 3 is 2.32 bits per heavy atom. The first-order valence-electron chi connectivity index (χ1n) is 5.48. The molecule has 2 nitrogen and oxygen atoms in total. The minimum Gasteiger partial charge on any atom is -0.380 e. The Balaban J connectivity index is 2.22. The van der Waals surface area contributed by atoms with Gasteiger partial charge in [0.2, 0.25) is 0 Å². The quantitative estimate of drug-likeness (QED) is 0.853. The molecule has 19 heavy (non-hydrogen) atoms. The summed E-state index contributed by atoms with van der Waals surface area (Å²) in [5, 5.41) is 13.7. The molecular formula is C14H9Cl3N2. The fraction of sp³-hybridized carbons (Fsp3) is 0.0714. The van der Waals surface area contributed by atoms with Gasteiger partial charge in [0.1, 0.15) is 0 Å². The zero-order valence-corrected chi connectivity index (χ0v) is 12.0. The summed E-state index contributed by atoms with van der Waals surface area (Å²) in [6.45, 7) is 0.438. The van der Waals surface area contributed by atoms with Gasteiger partial charge >= 0.3 is 0 Å². The van der Waals surface area contributed by atoms with Gasteiger partial charge in [-0.15, -0.1) is 0 Å². The lowest BCUT2D eigenvalue weighted by Gasteiger charge is -2.11. The van der Waals surface area contributed by atoms with Crippen LogP contribution in [0.2, 0.25) is 15.1 Å². The minimum atomic E-state index is 0.438. The maximum absolute atomic E-state index is 8.86. The molecule has 0 spiro atoms. The molecule has 96 valence electrons. The Labute approximate surface area is 126 Å². The standard InChI is InChI=1S/C14H9Cl3N2/c15-11-2-1-3-12(16)10(11)8-19-14-6-9(7-18)4-5-13(14)17/h1-6,19H,8H2. The number of hydrogen-bond donors (Lipinski definition) is 1. The molecule has 0 aliphatic rings. The van der Waals surface area contributed by atoms with E-state index in [1.54, 1.807) is 36.4 Å². The van der Waals surface area contributed by atoms with Crippen molar-refractivity contribution in [1.29, 1.82) is 5.26 Å². The van der Waals surface area contributed by atoms with Crippen molar-refractivity contribution in [3.05, 3.63) is 62.6 Å². The lowest BCUT2D eigenvalue weighted by Crippen LogP contribution is -2.01. The van der Waals surface area contributed by atoms with E-state index in [0.29, 0.717) is 32.9 Å². The third kappa shape index (κ3) is 3.33. The number of benzene rings is 2. The second-order valence-electron chi connectivity index (χ2n) is 3.86. The Kier molecular flexibility index (Phi) is 4.55. The summed E-state index contributed by atoms with van der Waals surface area (Å²) in [4.78, 5) is 0. The monoisotopic (exact) mass is 310 g/mol. The van der Waals surface area contributed by atoms with Crippen molar-refractivity contribution in [2.24, 2.45) is 0 Å². The number of nitrogens with zero attached hydrogens (tertiary/aromatic N) is 1. The molecular weight excluding hydrogens is 303 g/mol. The lowest BCUT2D eigenvalue weighted by atomic mass is 10.2. The van der Waals surface area contributed by atoms with Gasteiger partial charge in [-0.2, -0.15) is 5.26 Å². The molecule has 0 fully saturated rings. The summed E-state index contributed by atoms with van der Waals surface area (Å²) in [6, 6.07) is 12.4. The van der Waals surface area contributed by atoms with Crippen LogP contribution in [-0.4, -0.2) is 0 Å². The smallest absolute Gasteiger partial charge is 0.0992 e. The van der Waals surface area contributed by atoms with Crippen molar-refractivity contribution in [2.75, 3.05) is 5.32 Å². The molecule has 2 aromatic rings. The number of nitriles is 1. The van der Waals surface area contributed by atoms with E-state index in [0.717, 1.165) is 5.56 Å². The molecule has 1 N–H and O–H groups in total. The molecule has 0 saturated carbocycles. The van der Waals surface area contributed by atoms with Crippen LogP contribution >= 0.6 is 34.8 Å². The van der Waals surface area contributed by atoms with Crippen molar-refractivity contribution < 1.29 is 0 Å². The summed E-state index contributed by atoms with van der Waals surface area (Å²) >= 11 is 18.2. The molecule has 0 saturated heterocycles. The summed E-state index contributed by atoms with van der Waals surface area (Å²) in [5.41, 5.74) is 2.01. The fourth-order valence-electron chi connectivity index (χ4n) is 1.62. The Morgan fingerprint density at radius 1 is 1.00 bits per heavy atom. The van der Waals surface area contributed by atoms with Crippen molar-refractivity contribution in [3.8, 4) is 6.07 Å². The van der Waals surface area contributed by atoms with Gasteiger partial charge < -0.3 is 5.32 Å². The normalized spacial score (nSPS) is 10.0. The molecule has 0 heterocycles. The highest BCUT2D eigenvalue weighted by molar-refractivity contribution is 6.36. The third-order valence-corrected chi connectivity index (χ3v) is 3.65. The minimum absolute atomic E-state index is 0.438. The summed E-state index contributed by atoms with van der Waals surface area (Å²) in [5.74, 6) is 0. The predicted molar refractivity (Wildman–Crippen MR) is 80.0 cm³/mol. The van der Waals surface area contributed by atoms with Crippen molar-refractivity contribution in [2.45, 2.75) is 6.54 Å². The molecule has 0 aromatic heterocycles. The SMILES string of the molecule is N#Cc1ccc(Cl)c(NCc2c(Cl)cccc2Cl)c1. The summed E-state index contributed by atoms with van der Waals surface area (Å²) in [7, 11) is 0. The summed E-state index contributed by atoms with van der Waals surface area (Å²) in [6.07, 6.45) is 0. The predicted octanol–water partition coefficient (Wildman–Crippen LogP) is 5.13. The van der Waals surface area contributed by atoms with Crippen LogP contribution in [0.1, 0.15) is 11.1 Å². The molecule has 0 radical (unpaired) electrons. The third-order valence-electron chi connectivity index (χ3n) is 2.61. The van der Waals surface area contributed by atoms with Gasteiger partial charge in [-0.1, -0.05) is 40.9 Å². The number of anilines is 1. The van der Waals surface area contributed by atoms with Gasteiger partial charge in [-0.05, 0) is 30.3 Å². The Bertz CT molecular complexity index is 627. The number of hydrogen-bond acceptors (Lipinski definition) is 2. The highest BCUT2D eigenvalue weighted by Crippen LogP contribution is 2.27. The fourth-order valence-corrected chi connectivity index (χ4v) is 2.33. The molecule has 0 aliphatic heterocycles. The van der Waals surface area contributed by atoms with Crippen LogP contribution in [0, 0.1) is 11.3 Å². The molecule has 0 unspecified atom stereocenters. The van der Waals surface area contributed by atoms with E-state index in [1.165, 1.54) is 0 Å². The summed E-state index contributed by atoms with van der Waals surface area (Å²) < 4.78 is 0. The van der Waals surface area contributed by atoms with E-state index in [-0.39, 0.29) is 0 Å². The topological polar surface area (TPSA) is 35.8 Å². The van der Waals surface area contributed by atoms with Crippen LogP contribution in [0.15, 0.2) is 36.4 Å². The maximum Gasteiger partial charge on any atom is 0.0992 e. The van der Waals surface area contributed by atoms with Crippen LogP contribution in [-0.2, 0) is 6.54 Å². The molecule has 0 amide bonds.